The second-order valence-electron chi connectivity index (χ2n) is 5.57. The Morgan fingerprint density at radius 2 is 1.85 bits per heavy atom. The topological polar surface area (TPSA) is 21.3 Å². The van der Waals surface area contributed by atoms with Gasteiger partial charge in [0.05, 0.1) is 6.61 Å². The molecule has 0 saturated carbocycles. The van der Waals surface area contributed by atoms with E-state index >= 15 is 0 Å². The number of benzene rings is 2. The van der Waals surface area contributed by atoms with Crippen molar-refractivity contribution in [3.8, 4) is 0 Å². The van der Waals surface area contributed by atoms with E-state index in [1.54, 1.807) is 0 Å². The van der Waals surface area contributed by atoms with Crippen molar-refractivity contribution >= 4 is 11.6 Å². The van der Waals surface area contributed by atoms with Crippen LogP contribution in [-0.2, 0) is 11.2 Å². The average Bonchev–Trinajstić information content (AvgIpc) is 2.86. The lowest BCUT2D eigenvalue weighted by Gasteiger charge is -2.34. The molecule has 1 aliphatic heterocycles. The van der Waals surface area contributed by atoms with Crippen LogP contribution in [0.5, 0.6) is 0 Å². The van der Waals surface area contributed by atoms with Gasteiger partial charge in [0.15, 0.2) is 0 Å². The lowest BCUT2D eigenvalue weighted by Crippen LogP contribution is -2.39. The molecular formula is C17H16ClNO. The molecule has 2 nitrogen and oxygen atoms in total. The van der Waals surface area contributed by atoms with E-state index in [1.807, 2.05) is 24.3 Å². The normalized spacial score (nSPS) is 27.9. The predicted molar refractivity (Wildman–Crippen MR) is 79.7 cm³/mol. The van der Waals surface area contributed by atoms with Crippen molar-refractivity contribution in [3.05, 3.63) is 70.2 Å². The van der Waals surface area contributed by atoms with Crippen LogP contribution in [0.3, 0.4) is 0 Å². The SMILES string of the molecule is Clc1ccc([C@@H]2N[C@@H]3c4ccccc4C[C@@H]3CO2)cc1. The summed E-state index contributed by atoms with van der Waals surface area (Å²) >= 11 is 5.95. The summed E-state index contributed by atoms with van der Waals surface area (Å²) in [5.74, 6) is 0.552. The second kappa shape index (κ2) is 4.88. The van der Waals surface area contributed by atoms with Crippen LogP contribution in [0.1, 0.15) is 29.0 Å². The minimum atomic E-state index is -0.0420. The van der Waals surface area contributed by atoms with Crippen LogP contribution in [0, 0.1) is 5.92 Å². The fourth-order valence-electron chi connectivity index (χ4n) is 3.32. The van der Waals surface area contributed by atoms with Gasteiger partial charge in [0, 0.05) is 17.0 Å². The highest BCUT2D eigenvalue weighted by molar-refractivity contribution is 6.30. The van der Waals surface area contributed by atoms with Gasteiger partial charge in [-0.1, -0.05) is 48.0 Å². The number of ether oxygens (including phenoxy) is 1. The molecule has 3 heteroatoms. The van der Waals surface area contributed by atoms with E-state index in [-0.39, 0.29) is 6.23 Å². The maximum absolute atomic E-state index is 5.99. The van der Waals surface area contributed by atoms with Gasteiger partial charge < -0.3 is 4.74 Å². The van der Waals surface area contributed by atoms with E-state index in [4.69, 9.17) is 16.3 Å². The Balaban J connectivity index is 1.61. The van der Waals surface area contributed by atoms with Crippen LogP contribution in [-0.4, -0.2) is 6.61 Å². The van der Waals surface area contributed by atoms with Crippen LogP contribution < -0.4 is 5.32 Å². The Morgan fingerprint density at radius 3 is 2.70 bits per heavy atom. The Bertz CT molecular complexity index is 625. The maximum Gasteiger partial charge on any atom is 0.134 e. The summed E-state index contributed by atoms with van der Waals surface area (Å²) in [5, 5.41) is 4.40. The Labute approximate surface area is 123 Å². The van der Waals surface area contributed by atoms with Gasteiger partial charge in [0.25, 0.3) is 0 Å². The Hall–Kier alpha value is -1.35. The van der Waals surface area contributed by atoms with Crippen molar-refractivity contribution in [2.24, 2.45) is 5.92 Å². The van der Waals surface area contributed by atoms with E-state index in [0.717, 1.165) is 23.6 Å². The minimum absolute atomic E-state index is 0.0420. The molecule has 0 spiro atoms. The molecule has 2 aromatic rings. The Morgan fingerprint density at radius 1 is 1.05 bits per heavy atom. The zero-order valence-corrected chi connectivity index (χ0v) is 11.8. The Kier molecular flexibility index (Phi) is 3.03. The first kappa shape index (κ1) is 12.4. The third kappa shape index (κ3) is 2.05. The molecule has 0 bridgehead atoms. The van der Waals surface area contributed by atoms with Crippen LogP contribution in [0.2, 0.25) is 5.02 Å². The quantitative estimate of drug-likeness (QED) is 0.859. The number of fused-ring (bicyclic) bond motifs is 3. The van der Waals surface area contributed by atoms with Crippen molar-refractivity contribution in [3.63, 3.8) is 0 Å². The maximum atomic E-state index is 5.99. The van der Waals surface area contributed by atoms with Crippen LogP contribution in [0.4, 0.5) is 0 Å². The summed E-state index contributed by atoms with van der Waals surface area (Å²) in [5.41, 5.74) is 4.02. The molecule has 0 amide bonds. The van der Waals surface area contributed by atoms with Gasteiger partial charge in [-0.2, -0.15) is 0 Å². The molecule has 1 heterocycles. The zero-order valence-electron chi connectivity index (χ0n) is 11.1. The molecule has 0 radical (unpaired) electrons. The monoisotopic (exact) mass is 285 g/mol. The summed E-state index contributed by atoms with van der Waals surface area (Å²) in [6.45, 7) is 0.805. The summed E-state index contributed by atoms with van der Waals surface area (Å²) in [4.78, 5) is 0. The molecule has 2 aliphatic rings. The lowest BCUT2D eigenvalue weighted by atomic mass is 9.98. The fraction of sp³-hybridized carbons (Fsp3) is 0.294. The van der Waals surface area contributed by atoms with E-state index in [0.29, 0.717) is 12.0 Å². The molecule has 20 heavy (non-hydrogen) atoms. The van der Waals surface area contributed by atoms with Gasteiger partial charge in [0.2, 0.25) is 0 Å². The molecule has 2 aromatic carbocycles. The highest BCUT2D eigenvalue weighted by atomic mass is 35.5. The third-order valence-corrected chi connectivity index (χ3v) is 4.58. The first-order chi connectivity index (χ1) is 9.81. The van der Waals surface area contributed by atoms with Crippen molar-refractivity contribution in [2.45, 2.75) is 18.7 Å². The first-order valence-electron chi connectivity index (χ1n) is 7.02. The smallest absolute Gasteiger partial charge is 0.134 e. The summed E-state index contributed by atoms with van der Waals surface area (Å²) in [7, 11) is 0. The van der Waals surface area contributed by atoms with Gasteiger partial charge >= 0.3 is 0 Å². The number of nitrogens with one attached hydrogen (secondary N) is 1. The van der Waals surface area contributed by atoms with Crippen molar-refractivity contribution in [2.75, 3.05) is 6.61 Å². The van der Waals surface area contributed by atoms with Gasteiger partial charge in [0.1, 0.15) is 6.23 Å². The molecule has 1 aliphatic carbocycles. The van der Waals surface area contributed by atoms with E-state index < -0.39 is 0 Å². The summed E-state index contributed by atoms with van der Waals surface area (Å²) in [6.07, 6.45) is 1.07. The summed E-state index contributed by atoms with van der Waals surface area (Å²) in [6, 6.07) is 17.0. The van der Waals surface area contributed by atoms with Gasteiger partial charge in [-0.3, -0.25) is 5.32 Å². The largest absolute Gasteiger partial charge is 0.359 e. The van der Waals surface area contributed by atoms with Gasteiger partial charge in [-0.25, -0.2) is 0 Å². The highest BCUT2D eigenvalue weighted by Crippen LogP contribution is 2.41. The molecule has 0 aromatic heterocycles. The molecular weight excluding hydrogens is 270 g/mol. The van der Waals surface area contributed by atoms with Crippen molar-refractivity contribution in [1.82, 2.24) is 5.32 Å². The van der Waals surface area contributed by atoms with E-state index in [1.165, 1.54) is 11.1 Å². The van der Waals surface area contributed by atoms with Gasteiger partial charge in [-0.05, 0) is 35.2 Å². The van der Waals surface area contributed by atoms with Crippen LogP contribution >= 0.6 is 11.6 Å². The van der Waals surface area contributed by atoms with E-state index in [2.05, 4.69) is 29.6 Å². The summed E-state index contributed by atoms with van der Waals surface area (Å²) < 4.78 is 5.99. The average molecular weight is 286 g/mol. The van der Waals surface area contributed by atoms with Crippen molar-refractivity contribution < 1.29 is 4.74 Å². The standard InChI is InChI=1S/C17H16ClNO/c18-14-7-5-11(6-8-14)17-19-16-13(10-20-17)9-12-3-1-2-4-15(12)16/h1-8,13,16-17,19H,9-10H2/t13-,16+,17-/m1/s1. The molecule has 0 unspecified atom stereocenters. The molecule has 1 fully saturated rings. The molecule has 3 atom stereocenters. The first-order valence-corrected chi connectivity index (χ1v) is 7.40. The third-order valence-electron chi connectivity index (χ3n) is 4.32. The molecule has 102 valence electrons. The van der Waals surface area contributed by atoms with Gasteiger partial charge in [-0.15, -0.1) is 0 Å². The fourth-order valence-corrected chi connectivity index (χ4v) is 3.45. The minimum Gasteiger partial charge on any atom is -0.359 e. The highest BCUT2D eigenvalue weighted by Gasteiger charge is 2.37. The van der Waals surface area contributed by atoms with Crippen LogP contribution in [0.25, 0.3) is 0 Å². The second-order valence-corrected chi connectivity index (χ2v) is 6.01. The molecule has 1 saturated heterocycles. The molecule has 1 N–H and O–H groups in total. The number of halogens is 1. The van der Waals surface area contributed by atoms with Crippen LogP contribution in [0.15, 0.2) is 48.5 Å². The number of rotatable bonds is 1. The predicted octanol–water partition coefficient (Wildman–Crippen LogP) is 3.87. The van der Waals surface area contributed by atoms with E-state index in [9.17, 15) is 0 Å². The number of hydrogen-bond donors (Lipinski definition) is 1. The number of hydrogen-bond acceptors (Lipinski definition) is 2. The molecule has 4 rings (SSSR count). The van der Waals surface area contributed by atoms with Crippen molar-refractivity contribution in [1.29, 1.82) is 0 Å². The zero-order chi connectivity index (χ0) is 13.5. The lowest BCUT2D eigenvalue weighted by molar-refractivity contribution is -0.0494.